The Bertz CT molecular complexity index is 726. The minimum atomic E-state index is 0.315. The van der Waals surface area contributed by atoms with Crippen molar-refractivity contribution >= 4 is 21.5 Å². The lowest BCUT2D eigenvalue weighted by Gasteiger charge is -2.13. The Kier molecular flexibility index (Phi) is 2.48. The Morgan fingerprint density at radius 1 is 0.778 bits per heavy atom. The van der Waals surface area contributed by atoms with E-state index in [-0.39, 0.29) is 0 Å². The average molecular weight is 236 g/mol. The lowest BCUT2D eigenvalue weighted by Crippen LogP contribution is -1.91. The van der Waals surface area contributed by atoms with E-state index in [0.717, 1.165) is 10.9 Å². The molecule has 0 spiro atoms. The fourth-order valence-corrected chi connectivity index (χ4v) is 2.71. The van der Waals surface area contributed by atoms with Crippen molar-refractivity contribution in [1.29, 1.82) is 0 Å². The zero-order valence-electron chi connectivity index (χ0n) is 10.6. The molecular formula is C17H16O. The SMILES string of the molecule is CC(C)c1c(O)ccc2c1ccc1ccccc12. The van der Waals surface area contributed by atoms with Crippen LogP contribution in [-0.2, 0) is 0 Å². The number of fused-ring (bicyclic) bond motifs is 3. The lowest BCUT2D eigenvalue weighted by molar-refractivity contribution is 0.466. The zero-order chi connectivity index (χ0) is 12.7. The van der Waals surface area contributed by atoms with Crippen LogP contribution in [0.3, 0.4) is 0 Å². The molecule has 0 aliphatic heterocycles. The molecule has 3 aromatic rings. The Hall–Kier alpha value is -2.02. The fourth-order valence-electron chi connectivity index (χ4n) is 2.71. The third kappa shape index (κ3) is 1.55. The first-order chi connectivity index (χ1) is 8.68. The lowest BCUT2D eigenvalue weighted by atomic mass is 9.92. The van der Waals surface area contributed by atoms with Gasteiger partial charge in [0.05, 0.1) is 0 Å². The van der Waals surface area contributed by atoms with Crippen molar-refractivity contribution in [3.63, 3.8) is 0 Å². The summed E-state index contributed by atoms with van der Waals surface area (Å²) in [6.07, 6.45) is 0. The van der Waals surface area contributed by atoms with Crippen LogP contribution >= 0.6 is 0 Å². The molecule has 0 bridgehead atoms. The van der Waals surface area contributed by atoms with Crippen molar-refractivity contribution in [2.45, 2.75) is 19.8 Å². The standard InChI is InChI=1S/C17H16O/c1-11(2)17-15-8-7-12-5-3-4-6-13(12)14(15)9-10-16(17)18/h3-11,18H,1-2H3. The number of aromatic hydroxyl groups is 1. The number of hydrogen-bond acceptors (Lipinski definition) is 1. The monoisotopic (exact) mass is 236 g/mol. The van der Waals surface area contributed by atoms with E-state index in [1.165, 1.54) is 16.2 Å². The summed E-state index contributed by atoms with van der Waals surface area (Å²) < 4.78 is 0. The number of benzene rings is 3. The van der Waals surface area contributed by atoms with Crippen LogP contribution in [0.4, 0.5) is 0 Å². The van der Waals surface area contributed by atoms with Gasteiger partial charge in [-0.3, -0.25) is 0 Å². The fraction of sp³-hybridized carbons (Fsp3) is 0.176. The van der Waals surface area contributed by atoms with Gasteiger partial charge in [0.2, 0.25) is 0 Å². The summed E-state index contributed by atoms with van der Waals surface area (Å²) in [5.41, 5.74) is 1.04. The van der Waals surface area contributed by atoms with E-state index in [4.69, 9.17) is 0 Å². The Balaban J connectivity index is 2.51. The number of phenolic OH excluding ortho intramolecular Hbond substituents is 1. The van der Waals surface area contributed by atoms with E-state index in [9.17, 15) is 5.11 Å². The normalized spacial score (nSPS) is 11.5. The van der Waals surface area contributed by atoms with Gasteiger partial charge in [0, 0.05) is 5.56 Å². The first-order valence-electron chi connectivity index (χ1n) is 6.32. The zero-order valence-corrected chi connectivity index (χ0v) is 10.6. The summed E-state index contributed by atoms with van der Waals surface area (Å²) in [7, 11) is 0. The molecule has 0 heterocycles. The second-order valence-corrected chi connectivity index (χ2v) is 5.03. The van der Waals surface area contributed by atoms with Gasteiger partial charge in [-0.15, -0.1) is 0 Å². The number of rotatable bonds is 1. The minimum absolute atomic E-state index is 0.315. The molecule has 0 aromatic heterocycles. The van der Waals surface area contributed by atoms with Crippen molar-refractivity contribution in [3.05, 3.63) is 54.1 Å². The van der Waals surface area contributed by atoms with Crippen LogP contribution in [0.1, 0.15) is 25.3 Å². The van der Waals surface area contributed by atoms with Crippen molar-refractivity contribution in [2.75, 3.05) is 0 Å². The minimum Gasteiger partial charge on any atom is -0.508 e. The third-order valence-corrected chi connectivity index (χ3v) is 3.52. The molecule has 0 aliphatic rings. The van der Waals surface area contributed by atoms with Crippen LogP contribution in [0.25, 0.3) is 21.5 Å². The van der Waals surface area contributed by atoms with E-state index >= 15 is 0 Å². The topological polar surface area (TPSA) is 20.2 Å². The van der Waals surface area contributed by atoms with Crippen LogP contribution in [0.2, 0.25) is 0 Å². The second kappa shape index (κ2) is 4.02. The second-order valence-electron chi connectivity index (χ2n) is 5.03. The van der Waals surface area contributed by atoms with Gasteiger partial charge in [-0.25, -0.2) is 0 Å². The highest BCUT2D eigenvalue weighted by Gasteiger charge is 2.11. The molecule has 1 heteroatoms. The predicted octanol–water partition coefficient (Wildman–Crippen LogP) is 4.82. The first kappa shape index (κ1) is 11.1. The highest BCUT2D eigenvalue weighted by molar-refractivity contribution is 6.09. The van der Waals surface area contributed by atoms with Gasteiger partial charge in [-0.05, 0) is 33.5 Å². The van der Waals surface area contributed by atoms with Crippen molar-refractivity contribution in [2.24, 2.45) is 0 Å². The van der Waals surface area contributed by atoms with Gasteiger partial charge in [0.1, 0.15) is 5.75 Å². The Morgan fingerprint density at radius 3 is 2.28 bits per heavy atom. The van der Waals surface area contributed by atoms with E-state index < -0.39 is 0 Å². The summed E-state index contributed by atoms with van der Waals surface area (Å²) in [6, 6.07) is 16.4. The quantitative estimate of drug-likeness (QED) is 0.600. The molecule has 90 valence electrons. The van der Waals surface area contributed by atoms with Gasteiger partial charge >= 0.3 is 0 Å². The van der Waals surface area contributed by atoms with Gasteiger partial charge in [-0.2, -0.15) is 0 Å². The molecule has 0 unspecified atom stereocenters. The van der Waals surface area contributed by atoms with E-state index in [1.54, 1.807) is 0 Å². The summed E-state index contributed by atoms with van der Waals surface area (Å²) in [4.78, 5) is 0. The summed E-state index contributed by atoms with van der Waals surface area (Å²) in [5, 5.41) is 14.9. The molecule has 0 fully saturated rings. The molecule has 1 nitrogen and oxygen atoms in total. The molecule has 0 amide bonds. The van der Waals surface area contributed by atoms with Gasteiger partial charge < -0.3 is 5.11 Å². The van der Waals surface area contributed by atoms with E-state index in [2.05, 4.69) is 50.2 Å². The van der Waals surface area contributed by atoms with Crippen molar-refractivity contribution in [1.82, 2.24) is 0 Å². The average Bonchev–Trinajstić information content (AvgIpc) is 2.37. The predicted molar refractivity (Wildman–Crippen MR) is 77.2 cm³/mol. The summed E-state index contributed by atoms with van der Waals surface area (Å²) in [5.74, 6) is 0.711. The van der Waals surface area contributed by atoms with Crippen LogP contribution in [0.15, 0.2) is 48.5 Å². The Morgan fingerprint density at radius 2 is 1.50 bits per heavy atom. The molecule has 18 heavy (non-hydrogen) atoms. The molecule has 0 radical (unpaired) electrons. The van der Waals surface area contributed by atoms with Crippen LogP contribution in [-0.4, -0.2) is 5.11 Å². The van der Waals surface area contributed by atoms with E-state index in [0.29, 0.717) is 11.7 Å². The van der Waals surface area contributed by atoms with Crippen molar-refractivity contribution < 1.29 is 5.11 Å². The highest BCUT2D eigenvalue weighted by Crippen LogP contribution is 2.36. The maximum absolute atomic E-state index is 10.1. The number of hydrogen-bond donors (Lipinski definition) is 1. The maximum Gasteiger partial charge on any atom is 0.119 e. The molecule has 0 saturated heterocycles. The van der Waals surface area contributed by atoms with Crippen LogP contribution in [0.5, 0.6) is 5.75 Å². The van der Waals surface area contributed by atoms with Crippen molar-refractivity contribution in [3.8, 4) is 5.75 Å². The van der Waals surface area contributed by atoms with Gasteiger partial charge in [0.25, 0.3) is 0 Å². The third-order valence-electron chi connectivity index (χ3n) is 3.52. The van der Waals surface area contributed by atoms with Crippen LogP contribution < -0.4 is 0 Å². The maximum atomic E-state index is 10.1. The Labute approximate surface area is 107 Å². The molecule has 1 N–H and O–H groups in total. The summed E-state index contributed by atoms with van der Waals surface area (Å²) in [6.45, 7) is 4.23. The molecule has 3 rings (SSSR count). The molecular weight excluding hydrogens is 220 g/mol. The number of phenols is 1. The molecule has 0 saturated carbocycles. The largest absolute Gasteiger partial charge is 0.508 e. The smallest absolute Gasteiger partial charge is 0.119 e. The molecule has 0 aliphatic carbocycles. The van der Waals surface area contributed by atoms with Gasteiger partial charge in [-0.1, -0.05) is 56.3 Å². The summed E-state index contributed by atoms with van der Waals surface area (Å²) >= 11 is 0. The van der Waals surface area contributed by atoms with E-state index in [1.807, 2.05) is 12.1 Å². The molecule has 0 atom stereocenters. The van der Waals surface area contributed by atoms with Crippen LogP contribution in [0, 0.1) is 0 Å². The first-order valence-corrected chi connectivity index (χ1v) is 6.32. The van der Waals surface area contributed by atoms with Gasteiger partial charge in [0.15, 0.2) is 0 Å². The molecule has 3 aromatic carbocycles. The highest BCUT2D eigenvalue weighted by atomic mass is 16.3.